The summed E-state index contributed by atoms with van der Waals surface area (Å²) in [5.41, 5.74) is 9.87. The van der Waals surface area contributed by atoms with Crippen molar-refractivity contribution in [3.05, 3.63) is 45.6 Å². The van der Waals surface area contributed by atoms with Gasteiger partial charge in [-0.2, -0.15) is 0 Å². The minimum absolute atomic E-state index is 0.445. The first-order valence-corrected chi connectivity index (χ1v) is 33.9. The van der Waals surface area contributed by atoms with E-state index >= 15 is 0 Å². The van der Waals surface area contributed by atoms with Crippen LogP contribution >= 0.6 is 17.2 Å². The van der Waals surface area contributed by atoms with Crippen molar-refractivity contribution in [1.29, 1.82) is 0 Å². The Labute approximate surface area is 181 Å². The van der Waals surface area contributed by atoms with Crippen LogP contribution in [0.15, 0.2) is 45.6 Å². The van der Waals surface area contributed by atoms with E-state index in [2.05, 4.69) is 39.1 Å². The van der Waals surface area contributed by atoms with E-state index in [4.69, 9.17) is 17.2 Å². The van der Waals surface area contributed by atoms with Gasteiger partial charge in [-0.3, -0.25) is 0 Å². The summed E-state index contributed by atoms with van der Waals surface area (Å²) in [6.45, 7) is 9.67. The van der Waals surface area contributed by atoms with Crippen molar-refractivity contribution in [2.45, 2.75) is 98.5 Å². The fourth-order valence-electron chi connectivity index (χ4n) is 6.77. The van der Waals surface area contributed by atoms with Gasteiger partial charge in [0.25, 0.3) is 0 Å². The van der Waals surface area contributed by atoms with E-state index in [1.807, 2.05) is 0 Å². The zero-order valence-electron chi connectivity index (χ0n) is 18.2. The Morgan fingerprint density at radius 3 is 1.54 bits per heavy atom. The molecule has 0 heterocycles. The summed E-state index contributed by atoms with van der Waals surface area (Å²) in [7, 11) is 16.5. The maximum absolute atomic E-state index is 8.23. The zero-order valence-corrected chi connectivity index (χ0v) is 24.5. The van der Waals surface area contributed by atoms with Crippen LogP contribution in [0.25, 0.3) is 0 Å². The Balaban J connectivity index is 1.91. The zero-order chi connectivity index (χ0) is 20.1. The Bertz CT molecular complexity index is 739. The predicted octanol–water partition coefficient (Wildman–Crippen LogP) is 8.99. The Kier molecular flexibility index (Phi) is 6.20. The second kappa shape index (κ2) is 7.95. The first kappa shape index (κ1) is 21.8. The number of allylic oxidation sites excluding steroid dienone is 8. The predicted molar refractivity (Wildman–Crippen MR) is 126 cm³/mol. The van der Waals surface area contributed by atoms with Gasteiger partial charge in [-0.05, 0) is 0 Å². The van der Waals surface area contributed by atoms with Crippen molar-refractivity contribution in [1.82, 2.24) is 0 Å². The molecule has 155 valence electrons. The molecule has 2 atom stereocenters. The first-order valence-electron chi connectivity index (χ1n) is 11.7. The van der Waals surface area contributed by atoms with Gasteiger partial charge in [0.15, 0.2) is 0 Å². The molecule has 0 amide bonds. The molecule has 0 nitrogen and oxygen atoms in total. The van der Waals surface area contributed by atoms with Crippen LogP contribution in [-0.2, 0) is 15.3 Å². The van der Waals surface area contributed by atoms with Gasteiger partial charge in [0.2, 0.25) is 0 Å². The molecule has 4 aliphatic carbocycles. The van der Waals surface area contributed by atoms with E-state index in [-0.39, 0.29) is 0 Å². The molecule has 0 spiro atoms. The summed E-state index contributed by atoms with van der Waals surface area (Å²) in [5, 5.41) is 0. The van der Waals surface area contributed by atoms with Crippen LogP contribution < -0.4 is 0 Å². The molecule has 0 fully saturated rings. The monoisotopic (exact) mass is 603 g/mol. The molecule has 0 saturated heterocycles. The Hall–Kier alpha value is 0.627. The molecule has 4 aliphatic rings. The molecule has 2 unspecified atom stereocenters. The summed E-state index contributed by atoms with van der Waals surface area (Å²) in [4.78, 5) is 0. The normalized spacial score (nSPS) is 29.5. The van der Waals surface area contributed by atoms with Gasteiger partial charge in [0, 0.05) is 0 Å². The van der Waals surface area contributed by atoms with Crippen LogP contribution in [0.1, 0.15) is 78.1 Å². The van der Waals surface area contributed by atoms with Crippen LogP contribution in [-0.4, -0.2) is 5.98 Å². The Morgan fingerprint density at radius 2 is 1.18 bits per heavy atom. The molecule has 4 heteroatoms. The Morgan fingerprint density at radius 1 is 0.786 bits per heavy atom. The molecular formula is C24H37Cl2HfSi. The van der Waals surface area contributed by atoms with Crippen molar-refractivity contribution >= 4 is 23.1 Å². The first-order chi connectivity index (χ1) is 13.3. The van der Waals surface area contributed by atoms with Crippen LogP contribution in [0.2, 0.25) is 20.4 Å². The third-order valence-electron chi connectivity index (χ3n) is 8.29. The van der Waals surface area contributed by atoms with Crippen molar-refractivity contribution in [2.24, 2.45) is 0 Å². The second-order valence-electron chi connectivity index (χ2n) is 9.91. The summed E-state index contributed by atoms with van der Waals surface area (Å²) in [5.74, 6) is -1.26. The fraction of sp³-hybridized carbons (Fsp3) is 0.667. The standard InChI is InChI=1S/2C11H15.C2H7Si.2ClH.Hf/c2*1-2-9-7-10-5-3-4-6-11(10)8-9;1-3-2;;;/h2*7-8H,2-6H2,1H3;3H,1-2H3;2*1H;/q;;;;;+2/p-2. The molecule has 4 rings (SSSR count). The number of rotatable bonds is 5. The topological polar surface area (TPSA) is 0 Å². The molecule has 0 saturated carbocycles. The van der Waals surface area contributed by atoms with E-state index in [1.54, 1.807) is 33.4 Å². The van der Waals surface area contributed by atoms with Gasteiger partial charge in [-0.1, -0.05) is 0 Å². The summed E-state index contributed by atoms with van der Waals surface area (Å²) >= 11 is -4.35. The average molecular weight is 603 g/mol. The molecule has 0 aliphatic heterocycles. The van der Waals surface area contributed by atoms with Crippen LogP contribution in [0, 0.1) is 0 Å². The molecule has 0 bridgehead atoms. The van der Waals surface area contributed by atoms with Gasteiger partial charge < -0.3 is 0 Å². The number of halogens is 2. The van der Waals surface area contributed by atoms with Crippen LogP contribution in [0.3, 0.4) is 0 Å². The molecule has 0 aromatic carbocycles. The second-order valence-corrected chi connectivity index (χ2v) is 69.2. The molecule has 0 N–H and O–H groups in total. The third kappa shape index (κ3) is 3.14. The van der Waals surface area contributed by atoms with Gasteiger partial charge in [-0.15, -0.1) is 0 Å². The van der Waals surface area contributed by atoms with E-state index in [0.717, 1.165) is 12.8 Å². The van der Waals surface area contributed by atoms with Crippen molar-refractivity contribution in [2.75, 3.05) is 0 Å². The van der Waals surface area contributed by atoms with Gasteiger partial charge in [0.1, 0.15) is 0 Å². The maximum atomic E-state index is 8.23. The molecular weight excluding hydrogens is 566 g/mol. The quantitative estimate of drug-likeness (QED) is 0.276. The molecule has 0 aromatic heterocycles. The summed E-state index contributed by atoms with van der Waals surface area (Å²) in [6, 6.07) is 0. The fourth-order valence-corrected chi connectivity index (χ4v) is 53.7. The number of hydrogen-bond donors (Lipinski definition) is 0. The van der Waals surface area contributed by atoms with Gasteiger partial charge >= 0.3 is 183 Å². The van der Waals surface area contributed by atoms with E-state index in [9.17, 15) is 0 Å². The van der Waals surface area contributed by atoms with Crippen molar-refractivity contribution in [3.63, 3.8) is 0 Å². The van der Waals surface area contributed by atoms with Gasteiger partial charge in [0.05, 0.1) is 0 Å². The van der Waals surface area contributed by atoms with Crippen LogP contribution in [0.5, 0.6) is 0 Å². The van der Waals surface area contributed by atoms with E-state index in [0.29, 0.717) is 7.35 Å². The van der Waals surface area contributed by atoms with Crippen molar-refractivity contribution in [3.8, 4) is 0 Å². The molecule has 0 aromatic rings. The van der Waals surface area contributed by atoms with Crippen molar-refractivity contribution < 1.29 is 15.3 Å². The van der Waals surface area contributed by atoms with Gasteiger partial charge in [-0.25, -0.2) is 0 Å². The molecule has 0 radical (unpaired) electrons. The summed E-state index contributed by atoms with van der Waals surface area (Å²) < 4.78 is 0.891. The third-order valence-corrected chi connectivity index (χ3v) is 81.4. The van der Waals surface area contributed by atoms with E-state index in [1.165, 1.54) is 51.4 Å². The summed E-state index contributed by atoms with van der Waals surface area (Å²) in [6.07, 6.45) is 17.7. The van der Waals surface area contributed by atoms with E-state index < -0.39 is 21.3 Å². The molecule has 28 heavy (non-hydrogen) atoms. The van der Waals surface area contributed by atoms with Crippen LogP contribution in [0.4, 0.5) is 0 Å². The number of hydrogen-bond acceptors (Lipinski definition) is 0. The SMILES string of the molecule is CCC1=CC2=C(CCCC2)[CH]1[Hf]([Cl])([Cl])([CH]1C(CC)=CC2=C1CCCC2)[SiH](C)C. The minimum atomic E-state index is -4.35. The average Bonchev–Trinajstić information content (AvgIpc) is 3.26.